The molecule has 50 heavy (non-hydrogen) atoms. The van der Waals surface area contributed by atoms with E-state index in [2.05, 4.69) is 32.4 Å². The number of benzene rings is 3. The fraction of sp³-hybridized carbons (Fsp3) is 0.222. The Morgan fingerprint density at radius 3 is 2.38 bits per heavy atom. The summed E-state index contributed by atoms with van der Waals surface area (Å²) in [5.41, 5.74) is 6.96. The van der Waals surface area contributed by atoms with Crippen LogP contribution in [-0.2, 0) is 14.4 Å². The van der Waals surface area contributed by atoms with Crippen molar-refractivity contribution in [3.63, 3.8) is 0 Å². The monoisotopic (exact) mass is 705 g/mol. The van der Waals surface area contributed by atoms with Crippen LogP contribution in [0.25, 0.3) is 11.1 Å². The zero-order valence-electron chi connectivity index (χ0n) is 27.5. The average molecular weight is 706 g/mol. The molecule has 1 atom stereocenters. The number of hydrogen-bond donors (Lipinski definition) is 4. The molecule has 5 N–H and O–H groups in total. The molecule has 1 aliphatic rings. The maximum atomic E-state index is 14.0. The Balaban J connectivity index is 0.000000299. The van der Waals surface area contributed by atoms with Gasteiger partial charge in [0.2, 0.25) is 11.7 Å². The predicted octanol–water partition coefficient (Wildman–Crippen LogP) is 5.82. The van der Waals surface area contributed by atoms with Crippen LogP contribution in [0.3, 0.4) is 0 Å². The molecule has 5 rings (SSSR count). The van der Waals surface area contributed by atoms with Gasteiger partial charge in [-0.25, -0.2) is 23.1 Å². The minimum Gasteiger partial charge on any atom is -0.386 e. The largest absolute Gasteiger partial charge is 0.386 e. The summed E-state index contributed by atoms with van der Waals surface area (Å²) in [6.07, 6.45) is 4.14. The van der Waals surface area contributed by atoms with Gasteiger partial charge >= 0.3 is 0 Å². The third kappa shape index (κ3) is 10.1. The fourth-order valence-corrected chi connectivity index (χ4v) is 5.05. The molecule has 10 nitrogen and oxygen atoms in total. The van der Waals surface area contributed by atoms with E-state index >= 15 is 0 Å². The summed E-state index contributed by atoms with van der Waals surface area (Å²) in [5, 5.41) is 13.8. The van der Waals surface area contributed by atoms with Crippen LogP contribution in [0.15, 0.2) is 67.0 Å². The highest BCUT2D eigenvalue weighted by molar-refractivity contribution is 6.44. The van der Waals surface area contributed by atoms with Crippen molar-refractivity contribution in [1.82, 2.24) is 14.9 Å². The summed E-state index contributed by atoms with van der Waals surface area (Å²) in [5.74, 6) is 2.92. The molecule has 260 valence electrons. The normalized spacial score (nSPS) is 12.9. The van der Waals surface area contributed by atoms with Crippen molar-refractivity contribution in [2.75, 3.05) is 30.8 Å². The topological polar surface area (TPSA) is 154 Å². The molecule has 2 amide bonds. The number of rotatable bonds is 8. The van der Waals surface area contributed by atoms with Crippen molar-refractivity contribution in [1.29, 1.82) is 5.41 Å². The third-order valence-corrected chi connectivity index (χ3v) is 7.48. The number of halogens is 4. The second-order valence-corrected chi connectivity index (χ2v) is 10.7. The van der Waals surface area contributed by atoms with Crippen LogP contribution in [0.5, 0.6) is 0 Å². The number of primary amides is 1. The number of nitrogens with one attached hydrogen (secondary N) is 3. The first-order valence-electron chi connectivity index (χ1n) is 15.4. The Morgan fingerprint density at radius 2 is 1.74 bits per heavy atom. The van der Waals surface area contributed by atoms with Gasteiger partial charge in [-0.05, 0) is 61.2 Å². The predicted molar refractivity (Wildman–Crippen MR) is 187 cm³/mol. The maximum Gasteiger partial charge on any atom is 0.267 e. The van der Waals surface area contributed by atoms with Crippen molar-refractivity contribution in [2.24, 2.45) is 5.73 Å². The fourth-order valence-electron chi connectivity index (χ4n) is 4.78. The van der Waals surface area contributed by atoms with Crippen molar-refractivity contribution in [3.8, 4) is 23.0 Å². The molecule has 1 fully saturated rings. The first-order chi connectivity index (χ1) is 24.0. The van der Waals surface area contributed by atoms with Gasteiger partial charge in [0.05, 0.1) is 35.7 Å². The van der Waals surface area contributed by atoms with E-state index in [0.717, 1.165) is 25.1 Å². The molecule has 1 saturated heterocycles. The van der Waals surface area contributed by atoms with Gasteiger partial charge in [-0.15, -0.1) is 0 Å². The zero-order valence-corrected chi connectivity index (χ0v) is 28.2. The molecule has 0 spiro atoms. The SMILES string of the molecule is CC.CNc1cccc(-c2ccc(F)cc2Cl)c1F.N=C(C(N)=O)c1cc(C#Cc2ncc(F)cn2)ccc1NCC(=O)N1CCCC1C=O. The Hall–Kier alpha value is -5.74. The number of carbonyl (C=O) groups is 3. The molecule has 3 aromatic carbocycles. The lowest BCUT2D eigenvalue weighted by atomic mass is 10.0. The minimum atomic E-state index is -0.943. The highest BCUT2D eigenvalue weighted by Crippen LogP contribution is 2.33. The van der Waals surface area contributed by atoms with E-state index in [1.165, 1.54) is 29.2 Å². The standard InChI is InChI=1S/C21H19FN6O3.C13H10ClF2N.C2H6/c22-14-9-26-18(27-10-14)6-4-13-3-5-17(16(8-13)20(23)21(24)31)25-11-19(30)28-7-1-2-15(28)12-29;1-17-12-4-2-3-10(13(12)16)9-6-5-8(15)7-11(9)14;1-2/h3,5,8-10,12,15,23,25H,1-2,7,11H2,(H2,24,31);2-7,17H,1H3;1-2H3. The summed E-state index contributed by atoms with van der Waals surface area (Å²) < 4.78 is 39.8. The quantitative estimate of drug-likeness (QED) is 0.102. The van der Waals surface area contributed by atoms with Gasteiger partial charge < -0.3 is 26.1 Å². The third-order valence-electron chi connectivity index (χ3n) is 7.17. The number of aldehydes is 1. The van der Waals surface area contributed by atoms with E-state index in [4.69, 9.17) is 22.7 Å². The summed E-state index contributed by atoms with van der Waals surface area (Å²) in [4.78, 5) is 44.1. The summed E-state index contributed by atoms with van der Waals surface area (Å²) in [6.45, 7) is 4.39. The van der Waals surface area contributed by atoms with Crippen molar-refractivity contribution >= 4 is 46.8 Å². The van der Waals surface area contributed by atoms with E-state index in [0.29, 0.717) is 41.0 Å². The second kappa shape index (κ2) is 18.7. The number of carbonyl (C=O) groups excluding carboxylic acids is 3. The molecular weight excluding hydrogens is 671 g/mol. The van der Waals surface area contributed by atoms with Gasteiger partial charge in [0.1, 0.15) is 17.8 Å². The van der Waals surface area contributed by atoms with Crippen molar-refractivity contribution in [3.05, 3.63) is 106 Å². The molecule has 0 aliphatic carbocycles. The van der Waals surface area contributed by atoms with Gasteiger partial charge in [-0.2, -0.15) is 0 Å². The van der Waals surface area contributed by atoms with Gasteiger partial charge in [-0.3, -0.25) is 15.0 Å². The average Bonchev–Trinajstić information content (AvgIpc) is 3.61. The van der Waals surface area contributed by atoms with E-state index < -0.39 is 35.1 Å². The van der Waals surface area contributed by atoms with Gasteiger partial charge in [0, 0.05) is 41.5 Å². The van der Waals surface area contributed by atoms with E-state index in [9.17, 15) is 27.6 Å². The molecule has 14 heteroatoms. The number of amides is 2. The van der Waals surface area contributed by atoms with Gasteiger partial charge in [0.25, 0.3) is 5.91 Å². The molecule has 2 heterocycles. The lowest BCUT2D eigenvalue weighted by molar-refractivity contribution is -0.132. The molecule has 1 unspecified atom stereocenters. The van der Waals surface area contributed by atoms with Crippen LogP contribution in [-0.4, -0.2) is 64.9 Å². The molecule has 0 saturated carbocycles. The molecule has 0 bridgehead atoms. The first-order valence-corrected chi connectivity index (χ1v) is 15.8. The van der Waals surface area contributed by atoms with Crippen LogP contribution in [0.1, 0.15) is 43.6 Å². The Bertz CT molecular complexity index is 1910. The van der Waals surface area contributed by atoms with Crippen molar-refractivity contribution in [2.45, 2.75) is 32.7 Å². The second-order valence-electron chi connectivity index (χ2n) is 10.3. The van der Waals surface area contributed by atoms with Crippen LogP contribution in [0.2, 0.25) is 5.02 Å². The van der Waals surface area contributed by atoms with Gasteiger partial charge in [-0.1, -0.05) is 43.5 Å². The summed E-state index contributed by atoms with van der Waals surface area (Å²) >= 11 is 5.90. The maximum absolute atomic E-state index is 14.0. The van der Waals surface area contributed by atoms with Crippen LogP contribution in [0, 0.1) is 34.7 Å². The van der Waals surface area contributed by atoms with E-state index in [1.807, 2.05) is 13.8 Å². The molecular formula is C36H35ClF3N7O3. The Labute approximate surface area is 292 Å². The van der Waals surface area contributed by atoms with Crippen LogP contribution in [0.4, 0.5) is 24.5 Å². The van der Waals surface area contributed by atoms with Crippen LogP contribution >= 0.6 is 11.6 Å². The number of nitrogens with two attached hydrogens (primary N) is 1. The zero-order chi connectivity index (χ0) is 36.8. The van der Waals surface area contributed by atoms with Crippen LogP contribution < -0.4 is 16.4 Å². The number of anilines is 2. The highest BCUT2D eigenvalue weighted by Gasteiger charge is 2.28. The lowest BCUT2D eigenvalue weighted by Crippen LogP contribution is -2.40. The van der Waals surface area contributed by atoms with Crippen molar-refractivity contribution < 1.29 is 27.6 Å². The number of aromatic nitrogens is 2. The molecule has 1 aliphatic heterocycles. The molecule has 0 radical (unpaired) electrons. The Morgan fingerprint density at radius 1 is 1.02 bits per heavy atom. The molecule has 4 aromatic rings. The van der Waals surface area contributed by atoms with E-state index in [1.54, 1.807) is 37.4 Å². The number of likely N-dealkylation sites (tertiary alicyclic amines) is 1. The smallest absolute Gasteiger partial charge is 0.267 e. The highest BCUT2D eigenvalue weighted by atomic mass is 35.5. The van der Waals surface area contributed by atoms with E-state index in [-0.39, 0.29) is 28.9 Å². The van der Waals surface area contributed by atoms with Gasteiger partial charge in [0.15, 0.2) is 11.6 Å². The summed E-state index contributed by atoms with van der Waals surface area (Å²) in [6, 6.07) is 13.1. The minimum absolute atomic E-state index is 0.107. The number of nitrogens with zero attached hydrogens (tertiary/aromatic N) is 3. The number of hydrogen-bond acceptors (Lipinski definition) is 8. The molecule has 1 aromatic heterocycles. The first kappa shape index (κ1) is 38.7. The summed E-state index contributed by atoms with van der Waals surface area (Å²) in [7, 11) is 1.63. The lowest BCUT2D eigenvalue weighted by Gasteiger charge is -2.21. The Kier molecular flexibility index (Phi) is 14.5.